The van der Waals surface area contributed by atoms with Gasteiger partial charge in [-0.15, -0.1) is 0 Å². The van der Waals surface area contributed by atoms with Crippen LogP contribution < -0.4 is 5.73 Å². The molecule has 0 atom stereocenters. The third kappa shape index (κ3) is 18.2. The van der Waals surface area contributed by atoms with Gasteiger partial charge in [-0.2, -0.15) is 0 Å². The summed E-state index contributed by atoms with van der Waals surface area (Å²) in [7, 11) is 0. The molecule has 0 aromatic carbocycles. The summed E-state index contributed by atoms with van der Waals surface area (Å²) in [5.41, 5.74) is 5.53. The van der Waals surface area contributed by atoms with E-state index in [-0.39, 0.29) is 12.6 Å². The number of ether oxygens (including phenoxy) is 1. The van der Waals surface area contributed by atoms with Crippen LogP contribution in [0.4, 0.5) is 0 Å². The fraction of sp³-hybridized carbons (Fsp3) is 0.952. The first kappa shape index (κ1) is 25.4. The number of aliphatic hydroxyl groups is 1. The van der Waals surface area contributed by atoms with Crippen LogP contribution in [0.1, 0.15) is 90.4 Å². The number of hydrogen-bond acceptors (Lipinski definition) is 5. The average molecular weight is 373 g/mol. The molecule has 156 valence electrons. The van der Waals surface area contributed by atoms with Crippen LogP contribution in [0.15, 0.2) is 0 Å². The SMILES string of the molecule is CCCCCCCCCCOC(=O)CCCCCN(CCO)CCCN. The zero-order valence-electron chi connectivity index (χ0n) is 17.2. The number of nitrogens with two attached hydrogens (primary N) is 1. The van der Waals surface area contributed by atoms with Gasteiger partial charge in [0, 0.05) is 13.0 Å². The van der Waals surface area contributed by atoms with E-state index in [1.165, 1.54) is 44.9 Å². The van der Waals surface area contributed by atoms with Crippen LogP contribution in [0, 0.1) is 0 Å². The molecule has 0 spiro atoms. The summed E-state index contributed by atoms with van der Waals surface area (Å²) in [6.45, 7) is 6.31. The smallest absolute Gasteiger partial charge is 0.305 e. The number of esters is 1. The van der Waals surface area contributed by atoms with Gasteiger partial charge in [-0.1, -0.05) is 58.3 Å². The lowest BCUT2D eigenvalue weighted by molar-refractivity contribution is -0.143. The molecule has 0 saturated heterocycles. The van der Waals surface area contributed by atoms with Crippen molar-refractivity contribution in [1.29, 1.82) is 0 Å². The van der Waals surface area contributed by atoms with Crippen LogP contribution in [-0.2, 0) is 9.53 Å². The van der Waals surface area contributed by atoms with Crippen molar-refractivity contribution in [3.8, 4) is 0 Å². The first-order valence-corrected chi connectivity index (χ1v) is 10.9. The van der Waals surface area contributed by atoms with Crippen molar-refractivity contribution in [2.45, 2.75) is 90.4 Å². The zero-order chi connectivity index (χ0) is 19.3. The van der Waals surface area contributed by atoms with E-state index in [9.17, 15) is 4.79 Å². The standard InChI is InChI=1S/C21H44N2O3/c1-2-3-4-5-6-7-8-12-20-26-21(25)14-10-9-11-16-23(18-19-24)17-13-15-22/h24H,2-20,22H2,1H3. The van der Waals surface area contributed by atoms with Crippen molar-refractivity contribution in [2.75, 3.05) is 39.4 Å². The molecule has 5 heteroatoms. The highest BCUT2D eigenvalue weighted by atomic mass is 16.5. The summed E-state index contributed by atoms with van der Waals surface area (Å²) in [6, 6.07) is 0. The van der Waals surface area contributed by atoms with E-state index < -0.39 is 0 Å². The minimum atomic E-state index is -0.0525. The topological polar surface area (TPSA) is 75.8 Å². The molecule has 0 aliphatic carbocycles. The molecule has 0 aliphatic rings. The molecule has 0 aromatic heterocycles. The Balaban J connectivity index is 3.40. The Morgan fingerprint density at radius 3 is 2.12 bits per heavy atom. The van der Waals surface area contributed by atoms with Gasteiger partial charge in [-0.05, 0) is 45.3 Å². The van der Waals surface area contributed by atoms with Gasteiger partial charge >= 0.3 is 5.97 Å². The second-order valence-electron chi connectivity index (χ2n) is 7.21. The van der Waals surface area contributed by atoms with Gasteiger partial charge in [0.2, 0.25) is 0 Å². The van der Waals surface area contributed by atoms with Crippen LogP contribution in [0.5, 0.6) is 0 Å². The van der Waals surface area contributed by atoms with E-state index in [1.807, 2.05) is 0 Å². The fourth-order valence-electron chi connectivity index (χ4n) is 3.07. The van der Waals surface area contributed by atoms with Crippen molar-refractivity contribution in [3.63, 3.8) is 0 Å². The molecular formula is C21H44N2O3. The zero-order valence-corrected chi connectivity index (χ0v) is 17.2. The van der Waals surface area contributed by atoms with Crippen LogP contribution in [0.2, 0.25) is 0 Å². The molecule has 0 bridgehead atoms. The molecular weight excluding hydrogens is 328 g/mol. The van der Waals surface area contributed by atoms with E-state index in [2.05, 4.69) is 11.8 Å². The molecule has 5 nitrogen and oxygen atoms in total. The summed E-state index contributed by atoms with van der Waals surface area (Å²) < 4.78 is 5.31. The highest BCUT2D eigenvalue weighted by molar-refractivity contribution is 5.69. The summed E-state index contributed by atoms with van der Waals surface area (Å²) >= 11 is 0. The van der Waals surface area contributed by atoms with Gasteiger partial charge in [0.25, 0.3) is 0 Å². The molecule has 0 aromatic rings. The van der Waals surface area contributed by atoms with Crippen molar-refractivity contribution < 1.29 is 14.6 Å². The Morgan fingerprint density at radius 2 is 1.46 bits per heavy atom. The number of carbonyl (C=O) groups is 1. The maximum absolute atomic E-state index is 11.7. The van der Waals surface area contributed by atoms with Crippen molar-refractivity contribution >= 4 is 5.97 Å². The van der Waals surface area contributed by atoms with Crippen molar-refractivity contribution in [2.24, 2.45) is 5.73 Å². The molecule has 0 radical (unpaired) electrons. The first-order chi connectivity index (χ1) is 12.7. The Hall–Kier alpha value is -0.650. The molecule has 0 heterocycles. The molecule has 0 rings (SSSR count). The summed E-state index contributed by atoms with van der Waals surface area (Å²) in [5, 5.41) is 9.06. The van der Waals surface area contributed by atoms with Crippen LogP contribution in [0.25, 0.3) is 0 Å². The Bertz CT molecular complexity index is 301. The number of unbranched alkanes of at least 4 members (excludes halogenated alkanes) is 9. The Kier molecular flexibility index (Phi) is 20.1. The minimum absolute atomic E-state index is 0.0525. The largest absolute Gasteiger partial charge is 0.466 e. The minimum Gasteiger partial charge on any atom is -0.466 e. The lowest BCUT2D eigenvalue weighted by Crippen LogP contribution is -2.30. The molecule has 0 unspecified atom stereocenters. The number of carbonyl (C=O) groups excluding carboxylic acids is 1. The van der Waals surface area contributed by atoms with Crippen LogP contribution in [0.3, 0.4) is 0 Å². The van der Waals surface area contributed by atoms with Gasteiger partial charge in [0.15, 0.2) is 0 Å². The first-order valence-electron chi connectivity index (χ1n) is 10.9. The molecule has 3 N–H and O–H groups in total. The Labute approximate surface area is 161 Å². The molecule has 26 heavy (non-hydrogen) atoms. The van der Waals surface area contributed by atoms with Gasteiger partial charge in [-0.3, -0.25) is 4.79 Å². The third-order valence-corrected chi connectivity index (χ3v) is 4.71. The number of aliphatic hydroxyl groups excluding tert-OH is 1. The van der Waals surface area contributed by atoms with Crippen molar-refractivity contribution in [1.82, 2.24) is 4.90 Å². The second kappa shape index (κ2) is 20.7. The number of rotatable bonds is 20. The lowest BCUT2D eigenvalue weighted by atomic mass is 10.1. The van der Waals surface area contributed by atoms with Gasteiger partial charge in [0.1, 0.15) is 0 Å². The molecule has 0 aliphatic heterocycles. The number of hydrogen-bond donors (Lipinski definition) is 2. The molecule has 0 fully saturated rings. The van der Waals surface area contributed by atoms with Crippen LogP contribution in [-0.4, -0.2) is 55.4 Å². The summed E-state index contributed by atoms with van der Waals surface area (Å²) in [5.74, 6) is -0.0525. The van der Waals surface area contributed by atoms with Crippen molar-refractivity contribution in [3.05, 3.63) is 0 Å². The maximum Gasteiger partial charge on any atom is 0.305 e. The molecule has 0 saturated carbocycles. The molecule has 0 amide bonds. The monoisotopic (exact) mass is 372 g/mol. The lowest BCUT2D eigenvalue weighted by Gasteiger charge is -2.20. The highest BCUT2D eigenvalue weighted by Crippen LogP contribution is 2.09. The third-order valence-electron chi connectivity index (χ3n) is 4.71. The fourth-order valence-corrected chi connectivity index (χ4v) is 3.07. The van der Waals surface area contributed by atoms with E-state index in [0.29, 0.717) is 26.1 Å². The van der Waals surface area contributed by atoms with E-state index in [0.717, 1.165) is 45.2 Å². The quantitative estimate of drug-likeness (QED) is 0.251. The van der Waals surface area contributed by atoms with E-state index in [4.69, 9.17) is 15.6 Å². The predicted molar refractivity (Wildman–Crippen MR) is 109 cm³/mol. The summed E-state index contributed by atoms with van der Waals surface area (Å²) in [6.07, 6.45) is 14.5. The maximum atomic E-state index is 11.7. The average Bonchev–Trinajstić information content (AvgIpc) is 2.64. The second-order valence-corrected chi connectivity index (χ2v) is 7.21. The Morgan fingerprint density at radius 1 is 0.846 bits per heavy atom. The highest BCUT2D eigenvalue weighted by Gasteiger charge is 2.05. The van der Waals surface area contributed by atoms with Gasteiger partial charge < -0.3 is 20.5 Å². The predicted octanol–water partition coefficient (Wildman–Crippen LogP) is 3.87. The normalized spacial score (nSPS) is 11.2. The number of nitrogens with zero attached hydrogens (tertiary/aromatic N) is 1. The van der Waals surface area contributed by atoms with Gasteiger partial charge in [-0.25, -0.2) is 0 Å². The van der Waals surface area contributed by atoms with Gasteiger partial charge in [0.05, 0.1) is 13.2 Å². The van der Waals surface area contributed by atoms with E-state index >= 15 is 0 Å². The summed E-state index contributed by atoms with van der Waals surface area (Å²) in [4.78, 5) is 14.0. The van der Waals surface area contributed by atoms with Crippen LogP contribution >= 0.6 is 0 Å². The van der Waals surface area contributed by atoms with E-state index in [1.54, 1.807) is 0 Å².